The number of nitrogens with zero attached hydrogens (tertiary/aromatic N) is 1. The Balaban J connectivity index is 1.53. The van der Waals surface area contributed by atoms with Crippen molar-refractivity contribution in [2.75, 3.05) is 0 Å². The molecule has 2 aromatic carbocycles. The van der Waals surface area contributed by atoms with Crippen LogP contribution in [0.25, 0.3) is 0 Å². The zero-order valence-corrected chi connectivity index (χ0v) is 17.3. The minimum absolute atomic E-state index is 0.0218. The molecule has 0 atom stereocenters. The van der Waals surface area contributed by atoms with Crippen LogP contribution in [-0.4, -0.2) is 0 Å². The molecule has 0 aromatic heterocycles. The van der Waals surface area contributed by atoms with Crippen LogP contribution in [0.2, 0.25) is 0 Å². The summed E-state index contributed by atoms with van der Waals surface area (Å²) >= 11 is 0. The average molecular weight is 415 g/mol. The monoisotopic (exact) mass is 415 g/mol. The third kappa shape index (κ3) is 5.78. The highest BCUT2D eigenvalue weighted by molar-refractivity contribution is 5.35. The van der Waals surface area contributed by atoms with Crippen LogP contribution >= 0.6 is 0 Å². The second-order valence-electron chi connectivity index (χ2n) is 8.28. The average Bonchev–Trinajstić information content (AvgIpc) is 2.74. The van der Waals surface area contributed by atoms with Gasteiger partial charge >= 0.3 is 6.11 Å². The van der Waals surface area contributed by atoms with Gasteiger partial charge in [0.15, 0.2) is 0 Å². The third-order valence-corrected chi connectivity index (χ3v) is 6.10. The molecule has 0 saturated heterocycles. The van der Waals surface area contributed by atoms with E-state index in [0.717, 1.165) is 42.4 Å². The molecule has 3 rings (SSSR count). The summed E-state index contributed by atoms with van der Waals surface area (Å²) in [6, 6.07) is 11.0. The Kier molecular flexibility index (Phi) is 7.42. The molecule has 0 spiro atoms. The van der Waals surface area contributed by atoms with Crippen LogP contribution in [-0.2, 0) is 12.5 Å². The Hall–Kier alpha value is -2.48. The smallest absolute Gasteiger partial charge is 0.426 e. The molecule has 0 aliphatic heterocycles. The van der Waals surface area contributed by atoms with E-state index in [0.29, 0.717) is 6.07 Å². The first-order valence-corrected chi connectivity index (χ1v) is 10.8. The molecule has 0 amide bonds. The SMILES string of the molecule is CCCC1CCC(CCc2ccc(OC(F)(F)c3ccc(C#N)c(F)c3)cc2)CC1. The van der Waals surface area contributed by atoms with Crippen LogP contribution in [0.1, 0.15) is 68.6 Å². The van der Waals surface area contributed by atoms with E-state index in [2.05, 4.69) is 6.92 Å². The Morgan fingerprint density at radius 3 is 2.20 bits per heavy atom. The zero-order valence-electron chi connectivity index (χ0n) is 17.3. The van der Waals surface area contributed by atoms with Crippen molar-refractivity contribution in [2.24, 2.45) is 11.8 Å². The molecule has 2 aromatic rings. The Morgan fingerprint density at radius 2 is 1.63 bits per heavy atom. The lowest BCUT2D eigenvalue weighted by Gasteiger charge is -2.28. The van der Waals surface area contributed by atoms with Crippen molar-refractivity contribution >= 4 is 0 Å². The molecule has 0 radical (unpaired) electrons. The number of rotatable bonds is 8. The molecular weight excluding hydrogens is 387 g/mol. The molecule has 0 unspecified atom stereocenters. The molecule has 0 bridgehead atoms. The van der Waals surface area contributed by atoms with E-state index in [1.54, 1.807) is 6.07 Å². The van der Waals surface area contributed by atoms with Crippen molar-refractivity contribution < 1.29 is 17.9 Å². The number of hydrogen-bond acceptors (Lipinski definition) is 2. The van der Waals surface area contributed by atoms with Crippen molar-refractivity contribution in [3.63, 3.8) is 0 Å². The fourth-order valence-electron chi connectivity index (χ4n) is 4.31. The molecule has 1 fully saturated rings. The number of alkyl halides is 2. The molecule has 1 saturated carbocycles. The van der Waals surface area contributed by atoms with E-state index in [9.17, 15) is 13.2 Å². The largest absolute Gasteiger partial charge is 0.429 e. The van der Waals surface area contributed by atoms with Gasteiger partial charge in [0.2, 0.25) is 0 Å². The maximum Gasteiger partial charge on any atom is 0.426 e. The van der Waals surface area contributed by atoms with Gasteiger partial charge in [-0.2, -0.15) is 14.0 Å². The van der Waals surface area contributed by atoms with E-state index in [-0.39, 0.29) is 11.3 Å². The predicted molar refractivity (Wildman–Crippen MR) is 111 cm³/mol. The number of nitriles is 1. The van der Waals surface area contributed by atoms with E-state index < -0.39 is 17.5 Å². The van der Waals surface area contributed by atoms with Crippen LogP contribution in [0, 0.1) is 29.0 Å². The Bertz CT molecular complexity index is 865. The van der Waals surface area contributed by atoms with Crippen LogP contribution < -0.4 is 4.74 Å². The summed E-state index contributed by atoms with van der Waals surface area (Å²) in [6.45, 7) is 2.25. The molecule has 5 heteroatoms. The number of ether oxygens (including phenoxy) is 1. The molecule has 160 valence electrons. The van der Waals surface area contributed by atoms with Gasteiger partial charge in [-0.1, -0.05) is 57.6 Å². The maximum atomic E-state index is 14.4. The van der Waals surface area contributed by atoms with E-state index >= 15 is 0 Å². The fraction of sp³-hybridized carbons (Fsp3) is 0.480. The van der Waals surface area contributed by atoms with Crippen LogP contribution in [0.4, 0.5) is 13.2 Å². The molecule has 1 aliphatic carbocycles. The second-order valence-corrected chi connectivity index (χ2v) is 8.28. The fourth-order valence-corrected chi connectivity index (χ4v) is 4.31. The minimum Gasteiger partial charge on any atom is -0.429 e. The van der Waals surface area contributed by atoms with Gasteiger partial charge in [0.25, 0.3) is 0 Å². The van der Waals surface area contributed by atoms with Gasteiger partial charge < -0.3 is 4.74 Å². The first-order chi connectivity index (χ1) is 14.4. The van der Waals surface area contributed by atoms with Crippen molar-refractivity contribution in [3.05, 3.63) is 65.0 Å². The summed E-state index contributed by atoms with van der Waals surface area (Å²) in [7, 11) is 0. The van der Waals surface area contributed by atoms with Crippen LogP contribution in [0.3, 0.4) is 0 Å². The lowest BCUT2D eigenvalue weighted by Crippen LogP contribution is -2.22. The Labute approximate surface area is 176 Å². The molecule has 0 heterocycles. The topological polar surface area (TPSA) is 33.0 Å². The molecular formula is C25H28F3NO. The Morgan fingerprint density at radius 1 is 1.00 bits per heavy atom. The first kappa shape index (κ1) is 22.2. The van der Waals surface area contributed by atoms with Crippen molar-refractivity contribution in [3.8, 4) is 11.8 Å². The van der Waals surface area contributed by atoms with Gasteiger partial charge in [-0.25, -0.2) is 4.39 Å². The molecule has 2 nitrogen and oxygen atoms in total. The number of halogens is 3. The van der Waals surface area contributed by atoms with E-state index in [1.807, 2.05) is 12.1 Å². The molecule has 0 N–H and O–H groups in total. The summed E-state index contributed by atoms with van der Waals surface area (Å²) in [4.78, 5) is 0. The lowest BCUT2D eigenvalue weighted by atomic mass is 9.78. The van der Waals surface area contributed by atoms with Gasteiger partial charge in [-0.05, 0) is 60.6 Å². The van der Waals surface area contributed by atoms with Crippen molar-refractivity contribution in [2.45, 2.75) is 64.4 Å². The first-order valence-electron chi connectivity index (χ1n) is 10.8. The summed E-state index contributed by atoms with van der Waals surface area (Å²) in [6.07, 6.45) is 6.22. The lowest BCUT2D eigenvalue weighted by molar-refractivity contribution is -0.185. The number of aryl methyl sites for hydroxylation is 1. The number of benzene rings is 2. The minimum atomic E-state index is -3.69. The van der Waals surface area contributed by atoms with Gasteiger partial charge in [-0.3, -0.25) is 0 Å². The standard InChI is InChI=1S/C25H28F3NO/c1-2-3-18-4-6-19(7-5-18)8-9-20-10-14-23(15-11-20)30-25(27,28)22-13-12-21(17-29)24(26)16-22/h10-16,18-19H,2-9H2,1H3. The van der Waals surface area contributed by atoms with Gasteiger partial charge in [-0.15, -0.1) is 0 Å². The highest BCUT2D eigenvalue weighted by Gasteiger charge is 2.35. The van der Waals surface area contributed by atoms with E-state index in [1.165, 1.54) is 50.7 Å². The summed E-state index contributed by atoms with van der Waals surface area (Å²) in [5.74, 6) is 0.685. The quantitative estimate of drug-likeness (QED) is 0.451. The van der Waals surface area contributed by atoms with Crippen LogP contribution in [0.5, 0.6) is 5.75 Å². The highest BCUT2D eigenvalue weighted by atomic mass is 19.3. The van der Waals surface area contributed by atoms with Gasteiger partial charge in [0, 0.05) is 0 Å². The predicted octanol–water partition coefficient (Wildman–Crippen LogP) is 7.36. The van der Waals surface area contributed by atoms with Gasteiger partial charge in [0.1, 0.15) is 17.6 Å². The second kappa shape index (κ2) is 10.0. The summed E-state index contributed by atoms with van der Waals surface area (Å²) in [5.41, 5.74) is 0.199. The van der Waals surface area contributed by atoms with E-state index in [4.69, 9.17) is 10.00 Å². The van der Waals surface area contributed by atoms with Crippen molar-refractivity contribution in [1.29, 1.82) is 5.26 Å². The molecule has 30 heavy (non-hydrogen) atoms. The number of hydrogen-bond donors (Lipinski definition) is 0. The zero-order chi connectivity index (χ0) is 21.6. The van der Waals surface area contributed by atoms with Crippen LogP contribution in [0.15, 0.2) is 42.5 Å². The molecule has 1 aliphatic rings. The third-order valence-electron chi connectivity index (χ3n) is 6.10. The van der Waals surface area contributed by atoms with Crippen molar-refractivity contribution in [1.82, 2.24) is 0 Å². The summed E-state index contributed by atoms with van der Waals surface area (Å²) < 4.78 is 47.2. The summed E-state index contributed by atoms with van der Waals surface area (Å²) in [5, 5.41) is 8.72. The maximum absolute atomic E-state index is 14.4. The highest BCUT2D eigenvalue weighted by Crippen LogP contribution is 2.35. The van der Waals surface area contributed by atoms with Gasteiger partial charge in [0.05, 0.1) is 11.1 Å². The normalized spacial score (nSPS) is 19.3.